The van der Waals surface area contributed by atoms with Crippen LogP contribution in [0.5, 0.6) is 0 Å². The minimum absolute atomic E-state index is 0.0279. The highest BCUT2D eigenvalue weighted by atomic mass is 19.4. The molecule has 7 heteroatoms. The maximum atomic E-state index is 12.5. The van der Waals surface area contributed by atoms with Crippen molar-refractivity contribution in [1.82, 2.24) is 15.0 Å². The highest BCUT2D eigenvalue weighted by Gasteiger charge is 2.32. The van der Waals surface area contributed by atoms with E-state index in [0.29, 0.717) is 13.0 Å². The Kier molecular flexibility index (Phi) is 4.16. The number of aryl methyl sites for hydroxylation is 1. The summed E-state index contributed by atoms with van der Waals surface area (Å²) in [5, 5.41) is 2.77. The van der Waals surface area contributed by atoms with Gasteiger partial charge in [-0.25, -0.2) is 9.97 Å². The normalized spacial score (nSPS) is 11.4. The Balaban J connectivity index is 1.93. The molecule has 0 aromatic carbocycles. The maximum absolute atomic E-state index is 12.5. The summed E-state index contributed by atoms with van der Waals surface area (Å²) < 4.78 is 37.4. The molecule has 2 heterocycles. The van der Waals surface area contributed by atoms with Gasteiger partial charge in [-0.1, -0.05) is 6.07 Å². The zero-order chi connectivity index (χ0) is 14.6. The van der Waals surface area contributed by atoms with Gasteiger partial charge in [-0.05, 0) is 31.0 Å². The lowest BCUT2D eigenvalue weighted by Gasteiger charge is -2.08. The Morgan fingerprint density at radius 1 is 1.15 bits per heavy atom. The molecule has 0 unspecified atom stereocenters. The summed E-state index contributed by atoms with van der Waals surface area (Å²) in [7, 11) is 0. The SMILES string of the molecule is Cc1ccc(CCNc2nccc(C(F)(F)F)n2)cn1. The third-order valence-corrected chi connectivity index (χ3v) is 2.62. The van der Waals surface area contributed by atoms with Gasteiger partial charge in [0.2, 0.25) is 5.95 Å². The molecule has 0 spiro atoms. The molecule has 0 atom stereocenters. The molecule has 0 bridgehead atoms. The van der Waals surface area contributed by atoms with Crippen LogP contribution in [0.3, 0.4) is 0 Å². The van der Waals surface area contributed by atoms with Crippen LogP contribution in [0.2, 0.25) is 0 Å². The minimum Gasteiger partial charge on any atom is -0.354 e. The maximum Gasteiger partial charge on any atom is 0.433 e. The van der Waals surface area contributed by atoms with Crippen molar-refractivity contribution in [2.75, 3.05) is 11.9 Å². The number of anilines is 1. The molecule has 4 nitrogen and oxygen atoms in total. The van der Waals surface area contributed by atoms with E-state index in [9.17, 15) is 13.2 Å². The van der Waals surface area contributed by atoms with Crippen molar-refractivity contribution in [3.05, 3.63) is 47.5 Å². The smallest absolute Gasteiger partial charge is 0.354 e. The molecule has 0 aliphatic carbocycles. The molecule has 0 saturated heterocycles. The van der Waals surface area contributed by atoms with Gasteiger partial charge in [0, 0.05) is 24.6 Å². The fourth-order valence-corrected chi connectivity index (χ4v) is 1.57. The first kappa shape index (κ1) is 14.2. The summed E-state index contributed by atoms with van der Waals surface area (Å²) in [4.78, 5) is 11.3. The van der Waals surface area contributed by atoms with Crippen LogP contribution in [-0.2, 0) is 12.6 Å². The zero-order valence-electron chi connectivity index (χ0n) is 10.8. The van der Waals surface area contributed by atoms with Crippen LogP contribution in [0.25, 0.3) is 0 Å². The number of alkyl halides is 3. The Hall–Kier alpha value is -2.18. The standard InChI is InChI=1S/C13H13F3N4/c1-9-2-3-10(8-19-9)4-6-17-12-18-7-5-11(20-12)13(14,15)16/h2-3,5,7-8H,4,6H2,1H3,(H,17,18,20). The van der Waals surface area contributed by atoms with E-state index < -0.39 is 11.9 Å². The summed E-state index contributed by atoms with van der Waals surface area (Å²) in [6.45, 7) is 2.32. The molecule has 20 heavy (non-hydrogen) atoms. The lowest BCUT2D eigenvalue weighted by molar-refractivity contribution is -0.141. The lowest BCUT2D eigenvalue weighted by atomic mass is 10.2. The van der Waals surface area contributed by atoms with Crippen molar-refractivity contribution in [3.8, 4) is 0 Å². The van der Waals surface area contributed by atoms with Gasteiger partial charge in [0.15, 0.2) is 0 Å². The van der Waals surface area contributed by atoms with Gasteiger partial charge in [0.25, 0.3) is 0 Å². The first-order valence-corrected chi connectivity index (χ1v) is 6.01. The van der Waals surface area contributed by atoms with Crippen LogP contribution in [0.4, 0.5) is 19.1 Å². The topological polar surface area (TPSA) is 50.7 Å². The van der Waals surface area contributed by atoms with Crippen LogP contribution in [-0.4, -0.2) is 21.5 Å². The monoisotopic (exact) mass is 282 g/mol. The van der Waals surface area contributed by atoms with Crippen LogP contribution in [0.1, 0.15) is 17.0 Å². The first-order chi connectivity index (χ1) is 9.45. The van der Waals surface area contributed by atoms with E-state index >= 15 is 0 Å². The second-order valence-electron chi connectivity index (χ2n) is 4.25. The van der Waals surface area contributed by atoms with Crippen molar-refractivity contribution in [1.29, 1.82) is 0 Å². The summed E-state index contributed by atoms with van der Waals surface area (Å²) in [6.07, 6.45) is -0.997. The third-order valence-electron chi connectivity index (χ3n) is 2.62. The number of halogens is 3. The summed E-state index contributed by atoms with van der Waals surface area (Å²) in [5.41, 5.74) is 0.963. The predicted molar refractivity (Wildman–Crippen MR) is 68.2 cm³/mol. The number of rotatable bonds is 4. The number of pyridine rings is 1. The number of aromatic nitrogens is 3. The van der Waals surface area contributed by atoms with Crippen LogP contribution < -0.4 is 5.32 Å². The van der Waals surface area contributed by atoms with E-state index in [4.69, 9.17) is 0 Å². The predicted octanol–water partition coefficient (Wildman–Crippen LogP) is 2.85. The molecule has 0 aliphatic rings. The Morgan fingerprint density at radius 2 is 1.95 bits per heavy atom. The van der Waals surface area contributed by atoms with E-state index in [0.717, 1.165) is 23.5 Å². The van der Waals surface area contributed by atoms with Crippen molar-refractivity contribution < 1.29 is 13.2 Å². The number of hydrogen-bond acceptors (Lipinski definition) is 4. The van der Waals surface area contributed by atoms with Gasteiger partial charge in [0.1, 0.15) is 5.69 Å². The van der Waals surface area contributed by atoms with Gasteiger partial charge in [-0.15, -0.1) is 0 Å². The van der Waals surface area contributed by atoms with E-state index in [2.05, 4.69) is 20.3 Å². The highest BCUT2D eigenvalue weighted by molar-refractivity contribution is 5.26. The molecule has 0 radical (unpaired) electrons. The van der Waals surface area contributed by atoms with E-state index in [-0.39, 0.29) is 5.95 Å². The van der Waals surface area contributed by atoms with Gasteiger partial charge < -0.3 is 5.32 Å². The van der Waals surface area contributed by atoms with Gasteiger partial charge in [-0.3, -0.25) is 4.98 Å². The van der Waals surface area contributed by atoms with E-state index in [1.54, 1.807) is 6.20 Å². The molecule has 1 N–H and O–H groups in total. The number of nitrogens with zero attached hydrogens (tertiary/aromatic N) is 3. The second-order valence-corrected chi connectivity index (χ2v) is 4.25. The number of hydrogen-bond donors (Lipinski definition) is 1. The van der Waals surface area contributed by atoms with Crippen molar-refractivity contribution >= 4 is 5.95 Å². The third kappa shape index (κ3) is 3.91. The Bertz CT molecular complexity index is 567. The Labute approximate surface area is 114 Å². The Morgan fingerprint density at radius 3 is 2.60 bits per heavy atom. The highest BCUT2D eigenvalue weighted by Crippen LogP contribution is 2.27. The molecule has 0 fully saturated rings. The van der Waals surface area contributed by atoms with Crippen molar-refractivity contribution in [2.24, 2.45) is 0 Å². The molecular formula is C13H13F3N4. The van der Waals surface area contributed by atoms with Crippen LogP contribution >= 0.6 is 0 Å². The van der Waals surface area contributed by atoms with Crippen molar-refractivity contribution in [2.45, 2.75) is 19.5 Å². The number of nitrogens with one attached hydrogen (secondary N) is 1. The van der Waals surface area contributed by atoms with Gasteiger partial charge >= 0.3 is 6.18 Å². The largest absolute Gasteiger partial charge is 0.433 e. The molecule has 2 rings (SSSR count). The molecular weight excluding hydrogens is 269 g/mol. The quantitative estimate of drug-likeness (QED) is 0.936. The summed E-state index contributed by atoms with van der Waals surface area (Å²) in [6, 6.07) is 4.65. The first-order valence-electron chi connectivity index (χ1n) is 6.01. The summed E-state index contributed by atoms with van der Waals surface area (Å²) in [5.74, 6) is -0.0279. The van der Waals surface area contributed by atoms with Crippen LogP contribution in [0, 0.1) is 6.92 Å². The fraction of sp³-hybridized carbons (Fsp3) is 0.308. The molecule has 0 amide bonds. The molecule has 2 aromatic heterocycles. The van der Waals surface area contributed by atoms with E-state index in [1.807, 2.05) is 19.1 Å². The lowest BCUT2D eigenvalue weighted by Crippen LogP contribution is -2.13. The average Bonchev–Trinajstić information content (AvgIpc) is 2.40. The van der Waals surface area contributed by atoms with Gasteiger partial charge in [0.05, 0.1) is 0 Å². The fourth-order valence-electron chi connectivity index (χ4n) is 1.57. The van der Waals surface area contributed by atoms with Gasteiger partial charge in [-0.2, -0.15) is 13.2 Å². The van der Waals surface area contributed by atoms with Crippen molar-refractivity contribution in [3.63, 3.8) is 0 Å². The zero-order valence-corrected chi connectivity index (χ0v) is 10.8. The van der Waals surface area contributed by atoms with Crippen LogP contribution in [0.15, 0.2) is 30.6 Å². The van der Waals surface area contributed by atoms with E-state index in [1.165, 1.54) is 0 Å². The minimum atomic E-state index is -4.46. The molecule has 0 aliphatic heterocycles. The molecule has 106 valence electrons. The second kappa shape index (κ2) is 5.85. The average molecular weight is 282 g/mol. The summed E-state index contributed by atoms with van der Waals surface area (Å²) >= 11 is 0. The molecule has 0 saturated carbocycles. The molecule has 2 aromatic rings.